The number of likely N-dealkylation sites (tertiary alicyclic amines) is 1. The number of hydrogen-bond acceptors (Lipinski definition) is 5. The molecule has 0 spiro atoms. The van der Waals surface area contributed by atoms with Crippen molar-refractivity contribution in [1.82, 2.24) is 15.2 Å². The molecule has 0 radical (unpaired) electrons. The van der Waals surface area contributed by atoms with E-state index in [4.69, 9.17) is 16.4 Å². The number of anilines is 1. The van der Waals surface area contributed by atoms with Crippen molar-refractivity contribution in [2.45, 2.75) is 25.1 Å². The number of nitrogens with zero attached hydrogens (tertiary/aromatic N) is 3. The number of halogens is 3. The Hall–Kier alpha value is -3.34. The normalized spacial score (nSPS) is 17.7. The van der Waals surface area contributed by atoms with Crippen molar-refractivity contribution in [3.8, 4) is 0 Å². The van der Waals surface area contributed by atoms with Crippen molar-refractivity contribution in [3.05, 3.63) is 70.9 Å². The number of nitrogens with one attached hydrogen (secondary N) is 1. The monoisotopic (exact) mass is 490 g/mol. The summed E-state index contributed by atoms with van der Waals surface area (Å²) < 4.78 is 27.2. The van der Waals surface area contributed by atoms with Gasteiger partial charge in [0, 0.05) is 24.7 Å². The van der Waals surface area contributed by atoms with Gasteiger partial charge in [0.15, 0.2) is 5.82 Å². The Morgan fingerprint density at radius 3 is 2.91 bits per heavy atom. The maximum Gasteiger partial charge on any atom is 0.318 e. The first-order valence-electron chi connectivity index (χ1n) is 10.5. The van der Waals surface area contributed by atoms with Gasteiger partial charge in [0.1, 0.15) is 11.6 Å². The number of benzene rings is 2. The molecule has 11 heteroatoms. The van der Waals surface area contributed by atoms with E-state index in [1.54, 1.807) is 12.1 Å². The third-order valence-corrected chi connectivity index (χ3v) is 6.03. The summed E-state index contributed by atoms with van der Waals surface area (Å²) in [6.45, 7) is 0.0526. The van der Waals surface area contributed by atoms with Crippen LogP contribution in [0.15, 0.2) is 48.7 Å². The maximum absolute atomic E-state index is 13.6. The molecule has 0 saturated carbocycles. The Kier molecular flexibility index (Phi) is 7.20. The number of carbonyl (C=O) groups is 2. The average molecular weight is 491 g/mol. The number of urea groups is 1. The molecule has 2 heterocycles. The predicted molar refractivity (Wildman–Crippen MR) is 121 cm³/mol. The molecule has 34 heavy (non-hydrogen) atoms. The van der Waals surface area contributed by atoms with Crippen LogP contribution in [0.1, 0.15) is 12.0 Å². The number of fused-ring (bicyclic) bond motifs is 1. The molecule has 0 aliphatic carbocycles. The highest BCUT2D eigenvalue weighted by Gasteiger charge is 2.37. The molecule has 178 valence electrons. The molecule has 1 aliphatic heterocycles. The van der Waals surface area contributed by atoms with Crippen LogP contribution in [0.4, 0.5) is 19.4 Å². The summed E-state index contributed by atoms with van der Waals surface area (Å²) >= 11 is 5.93. The minimum Gasteiger partial charge on any atom is -0.391 e. The van der Waals surface area contributed by atoms with Crippen LogP contribution in [0, 0.1) is 11.6 Å². The van der Waals surface area contributed by atoms with E-state index in [9.17, 15) is 23.5 Å². The first-order chi connectivity index (χ1) is 16.4. The summed E-state index contributed by atoms with van der Waals surface area (Å²) in [7, 11) is 0. The molecular formula is C23H21ClF2N4O4. The second-order valence-corrected chi connectivity index (χ2v) is 8.13. The zero-order valence-corrected chi connectivity index (χ0v) is 18.6. The van der Waals surface area contributed by atoms with Crippen LogP contribution < -0.4 is 10.4 Å². The largest absolute Gasteiger partial charge is 0.391 e. The van der Waals surface area contributed by atoms with E-state index in [-0.39, 0.29) is 30.5 Å². The molecule has 2 aromatic carbocycles. The van der Waals surface area contributed by atoms with E-state index in [2.05, 4.69) is 10.3 Å². The number of amides is 3. The summed E-state index contributed by atoms with van der Waals surface area (Å²) in [6, 6.07) is 8.73. The van der Waals surface area contributed by atoms with Crippen LogP contribution in [-0.4, -0.2) is 52.7 Å². The lowest BCUT2D eigenvalue weighted by atomic mass is 10.2. The number of aromatic nitrogens is 1. The standard InChI is InChI=1S/C23H21ClF2N4O4/c24-22-15(2-1-3-18(22)26)11-28-23(33)29-7-6-20(32)19(29)12-34-30(13-31)21-9-16-8-17(25)5-4-14(16)10-27-21/h1-5,8-10,13,19-20,32H,6-7,11-12H2,(H,28,33)/t19-,20-/m1/s1. The molecule has 8 nitrogen and oxygen atoms in total. The number of rotatable bonds is 7. The Bertz CT molecular complexity index is 1210. The maximum atomic E-state index is 13.6. The molecule has 2 atom stereocenters. The highest BCUT2D eigenvalue weighted by atomic mass is 35.5. The number of hydroxylamine groups is 1. The van der Waals surface area contributed by atoms with Gasteiger partial charge < -0.3 is 15.3 Å². The van der Waals surface area contributed by atoms with Crippen molar-refractivity contribution in [2.75, 3.05) is 18.2 Å². The smallest absolute Gasteiger partial charge is 0.318 e. The van der Waals surface area contributed by atoms with E-state index in [1.165, 1.54) is 41.4 Å². The van der Waals surface area contributed by atoms with Crippen LogP contribution in [-0.2, 0) is 16.2 Å². The van der Waals surface area contributed by atoms with Gasteiger partial charge in [-0.3, -0.25) is 9.63 Å². The molecule has 0 bridgehead atoms. The first kappa shape index (κ1) is 23.8. The highest BCUT2D eigenvalue weighted by Crippen LogP contribution is 2.23. The lowest BCUT2D eigenvalue weighted by Crippen LogP contribution is -2.48. The zero-order valence-electron chi connectivity index (χ0n) is 17.8. The third kappa shape index (κ3) is 5.09. The molecule has 3 aromatic rings. The molecule has 0 unspecified atom stereocenters. The van der Waals surface area contributed by atoms with Gasteiger partial charge in [-0.25, -0.2) is 18.6 Å². The summed E-state index contributed by atoms with van der Waals surface area (Å²) in [4.78, 5) is 35.4. The SMILES string of the molecule is O=CN(OC[C@@H]1[C@H](O)CCN1C(=O)NCc1cccc(F)c1Cl)c1cc2cc(F)ccc2cn1. The Labute approximate surface area is 198 Å². The number of aliphatic hydroxyl groups is 1. The topological polar surface area (TPSA) is 95.0 Å². The molecule has 2 N–H and O–H groups in total. The molecule has 4 rings (SSSR count). The fourth-order valence-corrected chi connectivity index (χ4v) is 3.97. The van der Waals surface area contributed by atoms with Gasteiger partial charge >= 0.3 is 6.03 Å². The van der Waals surface area contributed by atoms with Crippen molar-refractivity contribution in [3.63, 3.8) is 0 Å². The van der Waals surface area contributed by atoms with Gasteiger partial charge in [0.05, 0.1) is 23.8 Å². The number of pyridine rings is 1. The first-order valence-corrected chi connectivity index (χ1v) is 10.8. The van der Waals surface area contributed by atoms with Gasteiger partial charge in [-0.15, -0.1) is 0 Å². The van der Waals surface area contributed by atoms with Crippen molar-refractivity contribution in [1.29, 1.82) is 0 Å². The predicted octanol–water partition coefficient (Wildman–Crippen LogP) is 3.41. The average Bonchev–Trinajstić information content (AvgIpc) is 3.20. The third-order valence-electron chi connectivity index (χ3n) is 5.61. The molecular weight excluding hydrogens is 470 g/mol. The van der Waals surface area contributed by atoms with E-state index in [0.29, 0.717) is 29.2 Å². The summed E-state index contributed by atoms with van der Waals surface area (Å²) in [5.74, 6) is -0.897. The lowest BCUT2D eigenvalue weighted by Gasteiger charge is -2.28. The zero-order chi connectivity index (χ0) is 24.2. The van der Waals surface area contributed by atoms with Crippen LogP contribution in [0.2, 0.25) is 5.02 Å². The second kappa shape index (κ2) is 10.3. The Morgan fingerprint density at radius 2 is 2.12 bits per heavy atom. The quantitative estimate of drug-likeness (QED) is 0.391. The van der Waals surface area contributed by atoms with Crippen LogP contribution in [0.3, 0.4) is 0 Å². The molecule has 1 saturated heterocycles. The van der Waals surface area contributed by atoms with E-state index in [0.717, 1.165) is 5.06 Å². The summed E-state index contributed by atoms with van der Waals surface area (Å²) in [5.41, 5.74) is 0.411. The molecule has 3 amide bonds. The van der Waals surface area contributed by atoms with Gasteiger partial charge in [0.2, 0.25) is 6.41 Å². The Morgan fingerprint density at radius 1 is 1.29 bits per heavy atom. The number of aliphatic hydroxyl groups excluding tert-OH is 1. The van der Waals surface area contributed by atoms with E-state index < -0.39 is 29.8 Å². The van der Waals surface area contributed by atoms with Crippen molar-refractivity contribution < 1.29 is 28.3 Å². The fourth-order valence-electron chi connectivity index (χ4n) is 3.78. The highest BCUT2D eigenvalue weighted by molar-refractivity contribution is 6.31. The Balaban J connectivity index is 1.41. The van der Waals surface area contributed by atoms with E-state index >= 15 is 0 Å². The minimum atomic E-state index is -0.879. The second-order valence-electron chi connectivity index (χ2n) is 7.75. The van der Waals surface area contributed by atoms with Gasteiger partial charge in [-0.05, 0) is 47.7 Å². The summed E-state index contributed by atoms with van der Waals surface area (Å²) in [5, 5.41) is 15.0. The molecule has 1 aliphatic rings. The molecule has 1 fully saturated rings. The van der Waals surface area contributed by atoms with Crippen LogP contribution >= 0.6 is 11.6 Å². The van der Waals surface area contributed by atoms with E-state index in [1.807, 2.05) is 0 Å². The lowest BCUT2D eigenvalue weighted by molar-refractivity contribution is -0.115. The fraction of sp³-hybridized carbons (Fsp3) is 0.261. The van der Waals surface area contributed by atoms with Gasteiger partial charge in [-0.2, -0.15) is 5.06 Å². The van der Waals surface area contributed by atoms with Crippen molar-refractivity contribution in [2.24, 2.45) is 0 Å². The summed E-state index contributed by atoms with van der Waals surface area (Å²) in [6.07, 6.45) is 1.31. The number of carbonyl (C=O) groups excluding carboxylic acids is 2. The number of hydrogen-bond donors (Lipinski definition) is 2. The van der Waals surface area contributed by atoms with Crippen LogP contribution in [0.25, 0.3) is 10.8 Å². The van der Waals surface area contributed by atoms with Gasteiger partial charge in [-0.1, -0.05) is 23.7 Å². The molecule has 1 aromatic heterocycles. The minimum absolute atomic E-state index is 0.00632. The van der Waals surface area contributed by atoms with Crippen LogP contribution in [0.5, 0.6) is 0 Å². The van der Waals surface area contributed by atoms with Crippen molar-refractivity contribution >= 4 is 40.6 Å². The van der Waals surface area contributed by atoms with Gasteiger partial charge in [0.25, 0.3) is 0 Å².